The highest BCUT2D eigenvalue weighted by Crippen LogP contribution is 2.23. The summed E-state index contributed by atoms with van der Waals surface area (Å²) in [5, 5.41) is 24.0. The van der Waals surface area contributed by atoms with Crippen molar-refractivity contribution in [2.45, 2.75) is 45.4 Å². The summed E-state index contributed by atoms with van der Waals surface area (Å²) < 4.78 is 9.66. The number of hydrogen-bond acceptors (Lipinski definition) is 8. The number of nitrogens with zero attached hydrogens (tertiary/aromatic N) is 1. The highest BCUT2D eigenvalue weighted by molar-refractivity contribution is 5.93. The number of aliphatic hydroxyl groups is 2. The number of methoxy groups -OCH3 is 1. The molecule has 1 aromatic rings. The molecule has 0 bridgehead atoms. The van der Waals surface area contributed by atoms with Crippen LogP contribution < -0.4 is 10.6 Å². The van der Waals surface area contributed by atoms with Crippen LogP contribution in [0.1, 0.15) is 37.9 Å². The first-order valence-corrected chi connectivity index (χ1v) is 10.4. The van der Waals surface area contributed by atoms with E-state index in [4.69, 9.17) is 4.74 Å². The predicted molar refractivity (Wildman–Crippen MR) is 118 cm³/mol. The molecule has 3 amide bonds. The number of alkyl carbamates (subject to hydrolysis) is 1. The number of carbonyl (C=O) groups excluding carboxylic acids is 4. The third kappa shape index (κ3) is 9.07. The second-order valence-electron chi connectivity index (χ2n) is 8.24. The zero-order valence-corrected chi connectivity index (χ0v) is 19.6. The minimum absolute atomic E-state index is 0.282. The highest BCUT2D eigenvalue weighted by atomic mass is 16.6. The average Bonchev–Trinajstić information content (AvgIpc) is 2.74. The van der Waals surface area contributed by atoms with Gasteiger partial charge in [0, 0.05) is 6.54 Å². The maximum Gasteiger partial charge on any atom is 0.408 e. The lowest BCUT2D eigenvalue weighted by molar-refractivity contribution is -0.145. The first kappa shape index (κ1) is 27.9. The molecule has 0 aliphatic heterocycles. The summed E-state index contributed by atoms with van der Waals surface area (Å²) >= 11 is 0. The Labute approximate surface area is 193 Å². The van der Waals surface area contributed by atoms with Gasteiger partial charge in [-0.2, -0.15) is 0 Å². The fraction of sp³-hybridized carbons (Fsp3) is 0.545. The van der Waals surface area contributed by atoms with Crippen molar-refractivity contribution in [1.82, 2.24) is 15.5 Å². The summed E-state index contributed by atoms with van der Waals surface area (Å²) in [6.45, 7) is 4.78. The number of benzene rings is 1. The van der Waals surface area contributed by atoms with Gasteiger partial charge < -0.3 is 35.2 Å². The third-order valence-corrected chi connectivity index (χ3v) is 4.38. The van der Waals surface area contributed by atoms with Crippen molar-refractivity contribution in [3.8, 4) is 0 Å². The summed E-state index contributed by atoms with van der Waals surface area (Å²) in [6.07, 6.45) is -0.930. The number of esters is 1. The molecule has 0 saturated heterocycles. The van der Waals surface area contributed by atoms with E-state index in [9.17, 15) is 29.4 Å². The van der Waals surface area contributed by atoms with E-state index in [-0.39, 0.29) is 6.54 Å². The number of hydrogen-bond donors (Lipinski definition) is 4. The summed E-state index contributed by atoms with van der Waals surface area (Å²) in [4.78, 5) is 50.9. The molecule has 1 rings (SSSR count). The monoisotopic (exact) mass is 467 g/mol. The van der Waals surface area contributed by atoms with E-state index in [1.165, 1.54) is 7.11 Å². The second kappa shape index (κ2) is 12.8. The number of nitrogens with one attached hydrogen (secondary N) is 2. The SMILES string of the molecule is COC(=O)CNC(=O)C(c1ccc(C)cc1)N(CCO)C(=O)C(CO)NC(=O)OC(C)(C)C. The molecule has 0 spiro atoms. The number of aryl methyl sites for hydroxylation is 1. The lowest BCUT2D eigenvalue weighted by Gasteiger charge is -2.33. The van der Waals surface area contributed by atoms with Crippen molar-refractivity contribution in [1.29, 1.82) is 0 Å². The van der Waals surface area contributed by atoms with E-state index < -0.39 is 61.3 Å². The van der Waals surface area contributed by atoms with Crippen LogP contribution in [-0.2, 0) is 23.9 Å². The Morgan fingerprint density at radius 1 is 1.09 bits per heavy atom. The van der Waals surface area contributed by atoms with E-state index >= 15 is 0 Å². The van der Waals surface area contributed by atoms with Crippen LogP contribution in [0, 0.1) is 6.92 Å². The highest BCUT2D eigenvalue weighted by Gasteiger charge is 2.36. The molecular weight excluding hydrogens is 434 g/mol. The van der Waals surface area contributed by atoms with Gasteiger partial charge >= 0.3 is 12.1 Å². The summed E-state index contributed by atoms with van der Waals surface area (Å²) in [7, 11) is 1.17. The van der Waals surface area contributed by atoms with Crippen LogP contribution in [0.15, 0.2) is 24.3 Å². The number of amides is 3. The van der Waals surface area contributed by atoms with E-state index in [2.05, 4.69) is 15.4 Å². The van der Waals surface area contributed by atoms with E-state index in [1.54, 1.807) is 45.0 Å². The zero-order chi connectivity index (χ0) is 25.2. The van der Waals surface area contributed by atoms with E-state index in [1.807, 2.05) is 6.92 Å². The Hall–Kier alpha value is -3.18. The van der Waals surface area contributed by atoms with Gasteiger partial charge in [-0.15, -0.1) is 0 Å². The largest absolute Gasteiger partial charge is 0.468 e. The molecule has 2 atom stereocenters. The van der Waals surface area contributed by atoms with Crippen LogP contribution in [0.4, 0.5) is 4.79 Å². The fourth-order valence-electron chi connectivity index (χ4n) is 2.86. The van der Waals surface area contributed by atoms with Crippen LogP contribution in [0.25, 0.3) is 0 Å². The molecular formula is C22H33N3O8. The molecule has 0 aliphatic carbocycles. The minimum Gasteiger partial charge on any atom is -0.468 e. The van der Waals surface area contributed by atoms with Gasteiger partial charge in [0.15, 0.2) is 0 Å². The van der Waals surface area contributed by atoms with Crippen LogP contribution in [0.2, 0.25) is 0 Å². The summed E-state index contributed by atoms with van der Waals surface area (Å²) in [5.41, 5.74) is 0.474. The lowest BCUT2D eigenvalue weighted by atomic mass is 10.0. The van der Waals surface area contributed by atoms with Gasteiger partial charge in [0.1, 0.15) is 24.2 Å². The molecule has 33 heavy (non-hydrogen) atoms. The first-order valence-electron chi connectivity index (χ1n) is 10.4. The summed E-state index contributed by atoms with van der Waals surface area (Å²) in [5.74, 6) is -2.22. The number of carbonyl (C=O) groups is 4. The topological polar surface area (TPSA) is 154 Å². The number of ether oxygens (including phenoxy) is 2. The zero-order valence-electron chi connectivity index (χ0n) is 19.6. The molecule has 2 unspecified atom stereocenters. The van der Waals surface area contributed by atoms with Crippen molar-refractivity contribution in [3.63, 3.8) is 0 Å². The van der Waals surface area contributed by atoms with Crippen molar-refractivity contribution in [2.24, 2.45) is 0 Å². The van der Waals surface area contributed by atoms with Crippen LogP contribution in [0.5, 0.6) is 0 Å². The smallest absolute Gasteiger partial charge is 0.408 e. The Morgan fingerprint density at radius 3 is 2.18 bits per heavy atom. The Bertz CT molecular complexity index is 820. The maximum atomic E-state index is 13.3. The van der Waals surface area contributed by atoms with Gasteiger partial charge in [-0.25, -0.2) is 4.79 Å². The van der Waals surface area contributed by atoms with Crippen molar-refractivity contribution in [2.75, 3.05) is 33.4 Å². The van der Waals surface area contributed by atoms with Crippen molar-refractivity contribution < 1.29 is 38.9 Å². The lowest BCUT2D eigenvalue weighted by Crippen LogP contribution is -2.55. The molecule has 0 aliphatic rings. The molecule has 0 heterocycles. The molecule has 184 valence electrons. The van der Waals surface area contributed by atoms with Gasteiger partial charge in [-0.3, -0.25) is 14.4 Å². The molecule has 0 saturated carbocycles. The second-order valence-corrected chi connectivity index (χ2v) is 8.24. The molecule has 1 aromatic carbocycles. The quantitative estimate of drug-likeness (QED) is 0.352. The van der Waals surface area contributed by atoms with Gasteiger partial charge in [0.05, 0.1) is 20.3 Å². The Morgan fingerprint density at radius 2 is 1.70 bits per heavy atom. The van der Waals surface area contributed by atoms with Gasteiger partial charge in [-0.1, -0.05) is 29.8 Å². The molecule has 0 radical (unpaired) electrons. The molecule has 0 aromatic heterocycles. The first-order chi connectivity index (χ1) is 15.4. The van der Waals surface area contributed by atoms with Crippen molar-refractivity contribution in [3.05, 3.63) is 35.4 Å². The number of aliphatic hydroxyl groups excluding tert-OH is 2. The standard InChI is InChI=1S/C22H33N3O8/c1-14-6-8-15(9-7-14)18(19(29)23-12-17(28)32-5)25(10-11-26)20(30)16(13-27)24-21(31)33-22(2,3)4/h6-9,16,18,26-27H,10-13H2,1-5H3,(H,23,29)(H,24,31). The van der Waals surface area contributed by atoms with Gasteiger partial charge in [0.25, 0.3) is 0 Å². The van der Waals surface area contributed by atoms with Gasteiger partial charge in [-0.05, 0) is 33.3 Å². The Kier molecular flexibility index (Phi) is 10.8. The summed E-state index contributed by atoms with van der Waals surface area (Å²) in [6, 6.07) is 4.03. The molecule has 11 nitrogen and oxygen atoms in total. The van der Waals surface area contributed by atoms with Crippen LogP contribution in [-0.4, -0.2) is 84.0 Å². The molecule has 11 heteroatoms. The molecule has 4 N–H and O–H groups in total. The average molecular weight is 468 g/mol. The maximum absolute atomic E-state index is 13.3. The van der Waals surface area contributed by atoms with E-state index in [0.717, 1.165) is 10.5 Å². The van der Waals surface area contributed by atoms with E-state index in [0.29, 0.717) is 5.56 Å². The third-order valence-electron chi connectivity index (χ3n) is 4.38. The normalized spacial score (nSPS) is 12.8. The predicted octanol–water partition coefficient (Wildman–Crippen LogP) is 0.0318. The van der Waals surface area contributed by atoms with Gasteiger partial charge in [0.2, 0.25) is 11.8 Å². The van der Waals surface area contributed by atoms with Crippen LogP contribution >= 0.6 is 0 Å². The van der Waals surface area contributed by atoms with Crippen molar-refractivity contribution >= 4 is 23.9 Å². The molecule has 0 fully saturated rings. The number of rotatable bonds is 10. The minimum atomic E-state index is -1.44. The Balaban J connectivity index is 3.28. The van der Waals surface area contributed by atoms with Crippen LogP contribution in [0.3, 0.4) is 0 Å². The fourth-order valence-corrected chi connectivity index (χ4v) is 2.86.